The van der Waals surface area contributed by atoms with Crippen molar-refractivity contribution in [1.29, 1.82) is 0 Å². The Kier molecular flexibility index (Phi) is 5.22. The standard InChI is InChI=1S/C17H26N2O2/c1-19(11-13-21-16-9-2-3-12-20-16)15-8-4-6-14-7-5-10-18-17(14)15/h5,7,10,15-16H,2-4,6,8-9,11-13H2,1H3/t15-,16+/m0/s1. The van der Waals surface area contributed by atoms with Gasteiger partial charge in [0.1, 0.15) is 0 Å². The molecule has 1 saturated heterocycles. The number of fused-ring (bicyclic) bond motifs is 1. The zero-order valence-corrected chi connectivity index (χ0v) is 13.0. The van der Waals surface area contributed by atoms with Gasteiger partial charge in [-0.05, 0) is 57.2 Å². The lowest BCUT2D eigenvalue weighted by Gasteiger charge is -2.32. The minimum Gasteiger partial charge on any atom is -0.353 e. The van der Waals surface area contributed by atoms with Crippen molar-refractivity contribution in [1.82, 2.24) is 9.88 Å². The molecular weight excluding hydrogens is 264 g/mol. The molecule has 2 aliphatic rings. The molecule has 3 rings (SSSR count). The Bertz CT molecular complexity index is 446. The van der Waals surface area contributed by atoms with Crippen LogP contribution < -0.4 is 0 Å². The van der Waals surface area contributed by atoms with Gasteiger partial charge in [-0.15, -0.1) is 0 Å². The zero-order valence-electron chi connectivity index (χ0n) is 13.0. The van der Waals surface area contributed by atoms with Crippen LogP contribution in [0.25, 0.3) is 0 Å². The van der Waals surface area contributed by atoms with Crippen molar-refractivity contribution < 1.29 is 9.47 Å². The van der Waals surface area contributed by atoms with Crippen molar-refractivity contribution >= 4 is 0 Å². The summed E-state index contributed by atoms with van der Waals surface area (Å²) in [5.74, 6) is 0. The molecule has 0 aromatic carbocycles. The molecule has 1 aliphatic heterocycles. The number of ether oxygens (including phenoxy) is 2. The fourth-order valence-electron chi connectivity index (χ4n) is 3.34. The van der Waals surface area contributed by atoms with Crippen molar-refractivity contribution in [2.24, 2.45) is 0 Å². The molecule has 21 heavy (non-hydrogen) atoms. The third-order valence-corrected chi connectivity index (χ3v) is 4.58. The molecule has 0 amide bonds. The summed E-state index contributed by atoms with van der Waals surface area (Å²) < 4.78 is 11.5. The lowest BCUT2D eigenvalue weighted by molar-refractivity contribution is -0.164. The van der Waals surface area contributed by atoms with Crippen LogP contribution in [0.1, 0.15) is 49.4 Å². The molecule has 4 nitrogen and oxygen atoms in total. The maximum absolute atomic E-state index is 5.85. The molecule has 116 valence electrons. The second-order valence-electron chi connectivity index (χ2n) is 6.10. The largest absolute Gasteiger partial charge is 0.353 e. The molecule has 0 N–H and O–H groups in total. The molecule has 2 heterocycles. The second-order valence-corrected chi connectivity index (χ2v) is 6.10. The number of rotatable bonds is 5. The number of hydrogen-bond donors (Lipinski definition) is 0. The Morgan fingerprint density at radius 2 is 2.29 bits per heavy atom. The van der Waals surface area contributed by atoms with Crippen LogP contribution in [0.4, 0.5) is 0 Å². The summed E-state index contributed by atoms with van der Waals surface area (Å²) in [6, 6.07) is 4.70. The average molecular weight is 290 g/mol. The van der Waals surface area contributed by atoms with E-state index in [9.17, 15) is 0 Å². The van der Waals surface area contributed by atoms with Crippen molar-refractivity contribution in [3.05, 3.63) is 29.6 Å². The first kappa shape index (κ1) is 14.9. The molecule has 0 bridgehead atoms. The highest BCUT2D eigenvalue weighted by atomic mass is 16.7. The van der Waals surface area contributed by atoms with Gasteiger partial charge in [0.05, 0.1) is 18.3 Å². The summed E-state index contributed by atoms with van der Waals surface area (Å²) in [6.45, 7) is 2.51. The van der Waals surface area contributed by atoms with Crippen LogP contribution >= 0.6 is 0 Å². The Hall–Kier alpha value is -0.970. The van der Waals surface area contributed by atoms with Crippen molar-refractivity contribution in [2.75, 3.05) is 26.8 Å². The minimum absolute atomic E-state index is 0.0175. The highest BCUT2D eigenvalue weighted by Gasteiger charge is 2.24. The fourth-order valence-corrected chi connectivity index (χ4v) is 3.34. The number of hydrogen-bond acceptors (Lipinski definition) is 4. The quantitative estimate of drug-likeness (QED) is 0.835. The molecular formula is C17H26N2O2. The van der Waals surface area contributed by atoms with Gasteiger partial charge in [-0.3, -0.25) is 9.88 Å². The average Bonchev–Trinajstić information content (AvgIpc) is 2.55. The van der Waals surface area contributed by atoms with E-state index in [-0.39, 0.29) is 6.29 Å². The molecule has 1 aromatic rings. The normalized spacial score (nSPS) is 25.8. The molecule has 0 spiro atoms. The maximum Gasteiger partial charge on any atom is 0.157 e. The van der Waals surface area contributed by atoms with Crippen molar-refractivity contribution in [2.45, 2.75) is 50.9 Å². The Morgan fingerprint density at radius 1 is 1.33 bits per heavy atom. The first-order valence-corrected chi connectivity index (χ1v) is 8.22. The van der Waals surface area contributed by atoms with Gasteiger partial charge in [-0.25, -0.2) is 0 Å². The van der Waals surface area contributed by atoms with E-state index in [1.807, 2.05) is 12.3 Å². The van der Waals surface area contributed by atoms with E-state index in [0.717, 1.165) is 26.2 Å². The molecule has 1 fully saturated rings. The molecule has 1 aliphatic carbocycles. The second kappa shape index (κ2) is 7.34. The van der Waals surface area contributed by atoms with Gasteiger partial charge in [-0.1, -0.05) is 6.07 Å². The number of aromatic nitrogens is 1. The van der Waals surface area contributed by atoms with Crippen LogP contribution in [-0.2, 0) is 15.9 Å². The van der Waals surface area contributed by atoms with Gasteiger partial charge in [0.15, 0.2) is 6.29 Å². The van der Waals surface area contributed by atoms with Gasteiger partial charge in [-0.2, -0.15) is 0 Å². The summed E-state index contributed by atoms with van der Waals surface area (Å²) in [4.78, 5) is 7.00. The highest BCUT2D eigenvalue weighted by Crippen LogP contribution is 2.31. The summed E-state index contributed by atoms with van der Waals surface area (Å²) in [6.07, 6.45) is 8.98. The molecule has 0 radical (unpaired) electrons. The van der Waals surface area contributed by atoms with E-state index in [0.29, 0.717) is 6.04 Å². The van der Waals surface area contributed by atoms with Crippen LogP contribution in [0.5, 0.6) is 0 Å². The number of pyridine rings is 1. The van der Waals surface area contributed by atoms with Gasteiger partial charge in [0, 0.05) is 19.3 Å². The number of likely N-dealkylation sites (N-methyl/N-ethyl adjacent to an activating group) is 1. The summed E-state index contributed by atoms with van der Waals surface area (Å²) in [5, 5.41) is 0. The SMILES string of the molecule is CN(CCO[C@@H]1CCCCO1)[C@H]1CCCc2cccnc21. The van der Waals surface area contributed by atoms with Crippen molar-refractivity contribution in [3.63, 3.8) is 0 Å². The van der Waals surface area contributed by atoms with E-state index in [2.05, 4.69) is 23.0 Å². The predicted octanol–water partition coefficient (Wildman–Crippen LogP) is 2.93. The zero-order chi connectivity index (χ0) is 14.5. The van der Waals surface area contributed by atoms with Gasteiger partial charge >= 0.3 is 0 Å². The molecule has 4 heteroatoms. The van der Waals surface area contributed by atoms with Gasteiger partial charge < -0.3 is 9.47 Å². The topological polar surface area (TPSA) is 34.6 Å². The van der Waals surface area contributed by atoms with E-state index in [1.54, 1.807) is 0 Å². The van der Waals surface area contributed by atoms with Gasteiger partial charge in [0.2, 0.25) is 0 Å². The van der Waals surface area contributed by atoms with E-state index >= 15 is 0 Å². The van der Waals surface area contributed by atoms with Gasteiger partial charge in [0.25, 0.3) is 0 Å². The highest BCUT2D eigenvalue weighted by molar-refractivity contribution is 5.25. The predicted molar refractivity (Wildman–Crippen MR) is 82.1 cm³/mol. The Morgan fingerprint density at radius 3 is 3.14 bits per heavy atom. The van der Waals surface area contributed by atoms with E-state index in [4.69, 9.17) is 9.47 Å². The first-order valence-electron chi connectivity index (χ1n) is 8.22. The maximum atomic E-state index is 5.85. The van der Waals surface area contributed by atoms with Crippen LogP contribution in [0.3, 0.4) is 0 Å². The fraction of sp³-hybridized carbons (Fsp3) is 0.706. The third-order valence-electron chi connectivity index (χ3n) is 4.58. The molecule has 0 unspecified atom stereocenters. The van der Waals surface area contributed by atoms with Crippen LogP contribution in [-0.4, -0.2) is 43.0 Å². The Balaban J connectivity index is 1.50. The summed E-state index contributed by atoms with van der Waals surface area (Å²) in [7, 11) is 2.18. The molecule has 1 aromatic heterocycles. The molecule has 0 saturated carbocycles. The number of aryl methyl sites for hydroxylation is 1. The lowest BCUT2D eigenvalue weighted by atomic mass is 9.91. The van der Waals surface area contributed by atoms with Crippen LogP contribution in [0.15, 0.2) is 18.3 Å². The monoisotopic (exact) mass is 290 g/mol. The van der Waals surface area contributed by atoms with E-state index in [1.165, 1.54) is 43.4 Å². The lowest BCUT2D eigenvalue weighted by Crippen LogP contribution is -2.33. The first-order chi connectivity index (χ1) is 10.3. The molecule has 2 atom stereocenters. The van der Waals surface area contributed by atoms with Crippen LogP contribution in [0, 0.1) is 0 Å². The van der Waals surface area contributed by atoms with E-state index < -0.39 is 0 Å². The summed E-state index contributed by atoms with van der Waals surface area (Å²) >= 11 is 0. The summed E-state index contributed by atoms with van der Waals surface area (Å²) in [5.41, 5.74) is 2.68. The third kappa shape index (κ3) is 3.82. The number of nitrogens with zero attached hydrogens (tertiary/aromatic N) is 2. The Labute approximate surface area is 127 Å². The van der Waals surface area contributed by atoms with Crippen molar-refractivity contribution in [3.8, 4) is 0 Å². The smallest absolute Gasteiger partial charge is 0.157 e. The minimum atomic E-state index is 0.0175. The van der Waals surface area contributed by atoms with Crippen LogP contribution in [0.2, 0.25) is 0 Å².